The van der Waals surface area contributed by atoms with Crippen LogP contribution in [0.25, 0.3) is 22.2 Å². The van der Waals surface area contributed by atoms with E-state index < -0.39 is 29.3 Å². The number of pyridine rings is 1. The Morgan fingerprint density at radius 1 is 1.08 bits per heavy atom. The molecule has 194 valence electrons. The van der Waals surface area contributed by atoms with Gasteiger partial charge in [0.05, 0.1) is 16.8 Å². The van der Waals surface area contributed by atoms with Crippen LogP contribution in [0.2, 0.25) is 0 Å². The van der Waals surface area contributed by atoms with Crippen LogP contribution >= 0.6 is 0 Å². The first kappa shape index (κ1) is 24.7. The zero-order valence-electron chi connectivity index (χ0n) is 20.5. The fourth-order valence-electron chi connectivity index (χ4n) is 4.38. The molecule has 5 rings (SSSR count). The van der Waals surface area contributed by atoms with Crippen LogP contribution in [0.5, 0.6) is 0 Å². The van der Waals surface area contributed by atoms with Crippen molar-refractivity contribution in [2.45, 2.75) is 25.2 Å². The summed E-state index contributed by atoms with van der Waals surface area (Å²) in [6.07, 6.45) is -0.280. The third-order valence-corrected chi connectivity index (χ3v) is 6.47. The highest BCUT2D eigenvalue weighted by atomic mass is 19.1. The van der Waals surface area contributed by atoms with Gasteiger partial charge in [-0.25, -0.2) is 23.6 Å². The van der Waals surface area contributed by atoms with E-state index in [1.165, 1.54) is 16.8 Å². The van der Waals surface area contributed by atoms with Crippen molar-refractivity contribution >= 4 is 46.3 Å². The number of halogens is 1. The number of hydrogen-bond donors (Lipinski definition) is 4. The summed E-state index contributed by atoms with van der Waals surface area (Å²) in [5.41, 5.74) is 13.7. The third kappa shape index (κ3) is 4.47. The minimum atomic E-state index is -1.18. The number of nitrogens with one attached hydrogen (secondary N) is 2. The number of aromatic nitrogens is 3. The number of primary amides is 1. The summed E-state index contributed by atoms with van der Waals surface area (Å²) in [5, 5.41) is 10.0. The highest BCUT2D eigenvalue weighted by molar-refractivity contribution is 6.03. The van der Waals surface area contributed by atoms with Crippen LogP contribution in [-0.2, 0) is 22.0 Å². The van der Waals surface area contributed by atoms with Gasteiger partial charge in [0.25, 0.3) is 0 Å². The lowest BCUT2D eigenvalue weighted by atomic mass is 9.95. The minimum Gasteiger partial charge on any atom is -0.382 e. The predicted octanol–water partition coefficient (Wildman–Crippen LogP) is 3.96. The molecule has 6 N–H and O–H groups in total. The molecule has 1 fully saturated rings. The Bertz CT molecular complexity index is 1610. The summed E-state index contributed by atoms with van der Waals surface area (Å²) in [6, 6.07) is 12.4. The van der Waals surface area contributed by atoms with Gasteiger partial charge in [-0.3, -0.25) is 4.79 Å². The number of anilines is 3. The predicted molar refractivity (Wildman–Crippen MR) is 139 cm³/mol. The highest BCUT2D eigenvalue weighted by Gasteiger charge is 2.55. The molecule has 38 heavy (non-hydrogen) atoms. The van der Waals surface area contributed by atoms with Crippen LogP contribution in [0.3, 0.4) is 0 Å². The van der Waals surface area contributed by atoms with Gasteiger partial charge < -0.3 is 26.8 Å². The maximum atomic E-state index is 14.0. The average molecular weight is 518 g/mol. The van der Waals surface area contributed by atoms with Crippen LogP contribution in [0.1, 0.15) is 24.1 Å². The summed E-state index contributed by atoms with van der Waals surface area (Å²) in [7, 11) is 1.68. The van der Waals surface area contributed by atoms with Crippen molar-refractivity contribution in [1.29, 1.82) is 0 Å². The van der Waals surface area contributed by atoms with Crippen molar-refractivity contribution in [2.75, 3.05) is 16.4 Å². The van der Waals surface area contributed by atoms with Crippen molar-refractivity contribution in [3.63, 3.8) is 0 Å². The number of carbonyl (C=O) groups is 3. The van der Waals surface area contributed by atoms with E-state index in [2.05, 4.69) is 25.5 Å². The third-order valence-electron chi connectivity index (χ3n) is 6.47. The Balaban J connectivity index is 1.46. The van der Waals surface area contributed by atoms with Gasteiger partial charge in [0, 0.05) is 12.7 Å². The summed E-state index contributed by atoms with van der Waals surface area (Å²) in [5.74, 6) is -1.04. The molecular weight excluding hydrogens is 493 g/mol. The van der Waals surface area contributed by atoms with Gasteiger partial charge in [0.2, 0.25) is 0 Å². The zero-order valence-corrected chi connectivity index (χ0v) is 20.5. The molecule has 0 saturated heterocycles. The number of esters is 1. The number of nitrogen functional groups attached to an aromatic ring is 1. The number of benzene rings is 2. The SMILES string of the molecule is Cc1ccc(F)c(NC(=O)Nc2ccc(-c3cc(C4(C(=O)OC(N)=O)CC4)nc4c3c(N)nn4C)cc2)c1. The number of aryl methyl sites for hydroxylation is 2. The van der Waals surface area contributed by atoms with Gasteiger partial charge in [-0.1, -0.05) is 18.2 Å². The number of amides is 3. The quantitative estimate of drug-likeness (QED) is 0.229. The fraction of sp³-hybridized carbons (Fsp3) is 0.192. The van der Waals surface area contributed by atoms with Gasteiger partial charge in [-0.05, 0) is 66.8 Å². The molecule has 3 amide bonds. The highest BCUT2D eigenvalue weighted by Crippen LogP contribution is 2.50. The van der Waals surface area contributed by atoms with E-state index in [1.807, 2.05) is 0 Å². The molecule has 0 radical (unpaired) electrons. The normalized spacial score (nSPS) is 13.7. The molecule has 1 aliphatic rings. The summed E-state index contributed by atoms with van der Waals surface area (Å²) in [6.45, 7) is 1.80. The molecule has 1 saturated carbocycles. The number of nitrogens with two attached hydrogens (primary N) is 2. The average Bonchev–Trinajstić information content (AvgIpc) is 3.62. The molecule has 0 bridgehead atoms. The second-order valence-electron chi connectivity index (χ2n) is 9.19. The number of urea groups is 1. The van der Waals surface area contributed by atoms with Gasteiger partial charge in [-0.2, -0.15) is 5.10 Å². The number of ether oxygens (including phenoxy) is 1. The van der Waals surface area contributed by atoms with E-state index in [4.69, 9.17) is 11.5 Å². The lowest BCUT2D eigenvalue weighted by Crippen LogP contribution is -2.29. The Morgan fingerprint density at radius 2 is 1.79 bits per heavy atom. The standard InChI is InChI=1S/C26H24FN7O4/c1-13-3-8-17(27)18(11-13)31-25(37)30-15-6-4-14(5-7-15)16-12-19(26(9-10-26)23(35)38-24(29)36)32-22-20(16)21(28)33-34(22)2/h3-8,11-12H,9-10H2,1-2H3,(H2,28,33)(H2,29,36)(H2,30,31,37). The Morgan fingerprint density at radius 3 is 2.45 bits per heavy atom. The zero-order chi connectivity index (χ0) is 27.2. The topological polar surface area (TPSA) is 167 Å². The van der Waals surface area contributed by atoms with Crippen molar-refractivity contribution in [2.24, 2.45) is 12.8 Å². The first-order valence-electron chi connectivity index (χ1n) is 11.7. The van der Waals surface area contributed by atoms with E-state index in [0.717, 1.165) is 5.56 Å². The van der Waals surface area contributed by atoms with Crippen LogP contribution in [0, 0.1) is 12.7 Å². The molecule has 0 unspecified atom stereocenters. The molecule has 2 aromatic carbocycles. The molecule has 0 spiro atoms. The van der Waals surface area contributed by atoms with Crippen LogP contribution in [0.15, 0.2) is 48.5 Å². The van der Waals surface area contributed by atoms with E-state index in [-0.39, 0.29) is 11.5 Å². The summed E-state index contributed by atoms with van der Waals surface area (Å²) in [4.78, 5) is 40.9. The molecule has 4 aromatic rings. The van der Waals surface area contributed by atoms with Gasteiger partial charge in [-0.15, -0.1) is 0 Å². The van der Waals surface area contributed by atoms with E-state index in [9.17, 15) is 18.8 Å². The fourth-order valence-corrected chi connectivity index (χ4v) is 4.38. The van der Waals surface area contributed by atoms with Crippen LogP contribution in [-0.4, -0.2) is 32.9 Å². The monoisotopic (exact) mass is 517 g/mol. The van der Waals surface area contributed by atoms with Gasteiger partial charge in [0.15, 0.2) is 11.5 Å². The maximum absolute atomic E-state index is 14.0. The Labute approximate surface area is 216 Å². The molecule has 0 aliphatic heterocycles. The van der Waals surface area contributed by atoms with Gasteiger partial charge in [0.1, 0.15) is 11.2 Å². The van der Waals surface area contributed by atoms with Crippen molar-refractivity contribution in [1.82, 2.24) is 14.8 Å². The second-order valence-corrected chi connectivity index (χ2v) is 9.19. The number of hydrogen-bond acceptors (Lipinski definition) is 7. The molecular formula is C26H24FN7O4. The number of carbonyl (C=O) groups excluding carboxylic acids is 3. The second kappa shape index (κ2) is 9.14. The number of fused-ring (bicyclic) bond motifs is 1. The van der Waals surface area contributed by atoms with E-state index in [0.29, 0.717) is 46.4 Å². The Hall–Kier alpha value is -5.00. The van der Waals surface area contributed by atoms with E-state index in [1.54, 1.807) is 50.4 Å². The van der Waals surface area contributed by atoms with Crippen molar-refractivity contribution < 1.29 is 23.5 Å². The molecule has 2 heterocycles. The molecule has 11 nitrogen and oxygen atoms in total. The molecule has 1 aliphatic carbocycles. The largest absolute Gasteiger partial charge is 0.412 e. The molecule has 2 aromatic heterocycles. The first-order chi connectivity index (χ1) is 18.1. The van der Waals surface area contributed by atoms with Crippen LogP contribution in [0.4, 0.5) is 31.2 Å². The smallest absolute Gasteiger partial charge is 0.382 e. The van der Waals surface area contributed by atoms with Crippen LogP contribution < -0.4 is 22.1 Å². The summed E-state index contributed by atoms with van der Waals surface area (Å²) < 4.78 is 20.2. The van der Waals surface area contributed by atoms with Gasteiger partial charge >= 0.3 is 18.1 Å². The minimum absolute atomic E-state index is 0.0711. The maximum Gasteiger partial charge on any atom is 0.412 e. The lowest BCUT2D eigenvalue weighted by Gasteiger charge is -2.15. The van der Waals surface area contributed by atoms with E-state index >= 15 is 0 Å². The number of nitrogens with zero attached hydrogens (tertiary/aromatic N) is 3. The lowest BCUT2D eigenvalue weighted by molar-refractivity contribution is -0.140. The first-order valence-corrected chi connectivity index (χ1v) is 11.7. The van der Waals surface area contributed by atoms with Crippen molar-refractivity contribution in [3.05, 3.63) is 65.6 Å². The molecule has 12 heteroatoms. The molecule has 0 atom stereocenters. The summed E-state index contributed by atoms with van der Waals surface area (Å²) >= 11 is 0. The van der Waals surface area contributed by atoms with Crippen molar-refractivity contribution in [3.8, 4) is 11.1 Å². The number of rotatable bonds is 5. The Kier molecular flexibility index (Phi) is 5.94.